The average molecular weight is 371 g/mol. The van der Waals surface area contributed by atoms with Gasteiger partial charge >= 0.3 is 0 Å². The van der Waals surface area contributed by atoms with Crippen LogP contribution in [0.25, 0.3) is 5.69 Å². The Hall–Kier alpha value is -3.42. The molecule has 1 amide bonds. The number of hydrogen-bond acceptors (Lipinski definition) is 4. The number of hydrogen-bond donors (Lipinski definition) is 2. The van der Waals surface area contributed by atoms with E-state index in [0.29, 0.717) is 11.3 Å². The lowest BCUT2D eigenvalue weighted by Crippen LogP contribution is -2.25. The van der Waals surface area contributed by atoms with Crippen LogP contribution in [0.15, 0.2) is 42.7 Å². The van der Waals surface area contributed by atoms with E-state index in [1.807, 2.05) is 0 Å². The standard InChI is InChI=1S/C19H15F2N3O3/c1-27-16-6-10(2-5-15(16)25)12-8-17(26)23-19-18(12)22-9-24(19)14-7-11(20)3-4-13(14)21/h2-7,9,12,25H,8H2,1H3,(H,23,26). The zero-order chi connectivity index (χ0) is 19.1. The number of anilines is 1. The van der Waals surface area contributed by atoms with Crippen LogP contribution >= 0.6 is 0 Å². The summed E-state index contributed by atoms with van der Waals surface area (Å²) in [5.74, 6) is -1.40. The van der Waals surface area contributed by atoms with Crippen molar-refractivity contribution in [2.24, 2.45) is 0 Å². The van der Waals surface area contributed by atoms with E-state index in [1.54, 1.807) is 12.1 Å². The fraction of sp³-hybridized carbons (Fsp3) is 0.158. The number of nitrogens with zero attached hydrogens (tertiary/aromatic N) is 2. The lowest BCUT2D eigenvalue weighted by atomic mass is 9.89. The molecule has 4 rings (SSSR count). The highest BCUT2D eigenvalue weighted by atomic mass is 19.1. The lowest BCUT2D eigenvalue weighted by molar-refractivity contribution is -0.116. The summed E-state index contributed by atoms with van der Waals surface area (Å²) in [6.45, 7) is 0. The maximum Gasteiger partial charge on any atom is 0.226 e. The number of aromatic nitrogens is 2. The first kappa shape index (κ1) is 17.0. The molecule has 6 nitrogen and oxygen atoms in total. The predicted octanol–water partition coefficient (Wildman–Crippen LogP) is 3.34. The van der Waals surface area contributed by atoms with Gasteiger partial charge in [-0.15, -0.1) is 0 Å². The van der Waals surface area contributed by atoms with Gasteiger partial charge in [0.15, 0.2) is 11.5 Å². The van der Waals surface area contributed by atoms with Crippen molar-refractivity contribution in [3.63, 3.8) is 0 Å². The molecule has 0 bridgehead atoms. The number of aromatic hydroxyl groups is 1. The minimum Gasteiger partial charge on any atom is -0.504 e. The quantitative estimate of drug-likeness (QED) is 0.740. The number of rotatable bonds is 3. The second-order valence-corrected chi connectivity index (χ2v) is 6.18. The molecule has 1 aliphatic heterocycles. The van der Waals surface area contributed by atoms with Crippen molar-refractivity contribution in [3.05, 3.63) is 65.6 Å². The number of benzene rings is 2. The number of carbonyl (C=O) groups excluding carboxylic acids is 1. The fourth-order valence-electron chi connectivity index (χ4n) is 3.25. The number of halogens is 2. The van der Waals surface area contributed by atoms with E-state index in [2.05, 4.69) is 10.3 Å². The van der Waals surface area contributed by atoms with E-state index in [4.69, 9.17) is 4.74 Å². The van der Waals surface area contributed by atoms with Crippen molar-refractivity contribution in [1.82, 2.24) is 9.55 Å². The Morgan fingerprint density at radius 1 is 1.26 bits per heavy atom. The van der Waals surface area contributed by atoms with E-state index in [-0.39, 0.29) is 35.3 Å². The summed E-state index contributed by atoms with van der Waals surface area (Å²) in [4.78, 5) is 16.6. The first-order valence-electron chi connectivity index (χ1n) is 8.17. The molecule has 0 radical (unpaired) electrons. The van der Waals surface area contributed by atoms with Crippen molar-refractivity contribution in [2.75, 3.05) is 12.4 Å². The fourth-order valence-corrected chi connectivity index (χ4v) is 3.25. The van der Waals surface area contributed by atoms with Gasteiger partial charge in [0.1, 0.15) is 23.8 Å². The third-order valence-corrected chi connectivity index (χ3v) is 4.55. The van der Waals surface area contributed by atoms with E-state index in [0.717, 1.165) is 18.2 Å². The summed E-state index contributed by atoms with van der Waals surface area (Å²) in [6.07, 6.45) is 1.47. The molecule has 1 atom stereocenters. The molecule has 0 fully saturated rings. The van der Waals surface area contributed by atoms with Crippen LogP contribution in [0.1, 0.15) is 23.6 Å². The normalized spacial score (nSPS) is 16.0. The molecule has 3 aromatic rings. The zero-order valence-electron chi connectivity index (χ0n) is 14.2. The molecule has 1 unspecified atom stereocenters. The second-order valence-electron chi connectivity index (χ2n) is 6.18. The minimum atomic E-state index is -0.640. The van der Waals surface area contributed by atoms with Gasteiger partial charge in [0.2, 0.25) is 5.91 Å². The van der Waals surface area contributed by atoms with Gasteiger partial charge in [0.25, 0.3) is 0 Å². The summed E-state index contributed by atoms with van der Waals surface area (Å²) >= 11 is 0. The van der Waals surface area contributed by atoms with Crippen molar-refractivity contribution in [2.45, 2.75) is 12.3 Å². The van der Waals surface area contributed by atoms with Gasteiger partial charge < -0.3 is 15.2 Å². The number of imidazole rings is 1. The molecule has 27 heavy (non-hydrogen) atoms. The van der Waals surface area contributed by atoms with Crippen LogP contribution in [-0.2, 0) is 4.79 Å². The third-order valence-electron chi connectivity index (χ3n) is 4.55. The van der Waals surface area contributed by atoms with Crippen LogP contribution in [0.3, 0.4) is 0 Å². The number of amides is 1. The summed E-state index contributed by atoms with van der Waals surface area (Å²) in [7, 11) is 1.43. The van der Waals surface area contributed by atoms with Gasteiger partial charge in [0, 0.05) is 18.4 Å². The summed E-state index contributed by atoms with van der Waals surface area (Å²) in [5, 5.41) is 12.5. The van der Waals surface area contributed by atoms with Crippen molar-refractivity contribution in [3.8, 4) is 17.2 Å². The Morgan fingerprint density at radius 2 is 2.07 bits per heavy atom. The Bertz CT molecular complexity index is 1050. The SMILES string of the molecule is COc1cc(C2CC(=O)Nc3c2ncn3-c2cc(F)ccc2F)ccc1O. The average Bonchev–Trinajstić information content (AvgIpc) is 3.07. The first-order valence-corrected chi connectivity index (χ1v) is 8.17. The van der Waals surface area contributed by atoms with E-state index in [9.17, 15) is 18.7 Å². The molecule has 0 saturated heterocycles. The maximum atomic E-state index is 14.2. The highest BCUT2D eigenvalue weighted by molar-refractivity contribution is 5.94. The number of methoxy groups -OCH3 is 1. The van der Waals surface area contributed by atoms with E-state index in [1.165, 1.54) is 24.1 Å². The van der Waals surface area contributed by atoms with Gasteiger partial charge in [-0.25, -0.2) is 13.8 Å². The molecule has 138 valence electrons. The van der Waals surface area contributed by atoms with E-state index < -0.39 is 17.6 Å². The number of phenols is 1. The molecule has 0 aliphatic carbocycles. The first-order chi connectivity index (χ1) is 13.0. The molecule has 0 saturated carbocycles. The predicted molar refractivity (Wildman–Crippen MR) is 93.2 cm³/mol. The Balaban J connectivity index is 1.84. The molecule has 2 N–H and O–H groups in total. The Morgan fingerprint density at radius 3 is 2.85 bits per heavy atom. The molecule has 1 aromatic heterocycles. The second kappa shape index (κ2) is 6.39. The minimum absolute atomic E-state index is 0.0194. The number of phenolic OH excluding ortho intramolecular Hbond substituents is 1. The largest absolute Gasteiger partial charge is 0.504 e. The number of nitrogens with one attached hydrogen (secondary N) is 1. The van der Waals surface area contributed by atoms with Crippen LogP contribution in [0, 0.1) is 11.6 Å². The third kappa shape index (κ3) is 2.88. The van der Waals surface area contributed by atoms with Gasteiger partial charge in [0.05, 0.1) is 18.5 Å². The van der Waals surface area contributed by atoms with Gasteiger partial charge in [-0.2, -0.15) is 0 Å². The highest BCUT2D eigenvalue weighted by Crippen LogP contribution is 2.40. The molecule has 1 aliphatic rings. The summed E-state index contributed by atoms with van der Waals surface area (Å²) < 4.78 is 34.2. The summed E-state index contributed by atoms with van der Waals surface area (Å²) in [6, 6.07) is 7.85. The van der Waals surface area contributed by atoms with Crippen molar-refractivity contribution in [1.29, 1.82) is 0 Å². The molecule has 0 spiro atoms. The van der Waals surface area contributed by atoms with Gasteiger partial charge in [-0.3, -0.25) is 9.36 Å². The Labute approximate surface area is 153 Å². The number of fused-ring (bicyclic) bond motifs is 1. The van der Waals surface area contributed by atoms with Crippen LogP contribution < -0.4 is 10.1 Å². The van der Waals surface area contributed by atoms with Crippen LogP contribution in [0.5, 0.6) is 11.5 Å². The molecule has 8 heteroatoms. The summed E-state index contributed by atoms with van der Waals surface area (Å²) in [5.41, 5.74) is 1.18. The van der Waals surface area contributed by atoms with Crippen LogP contribution in [0.2, 0.25) is 0 Å². The maximum absolute atomic E-state index is 14.2. The molecule has 2 aromatic carbocycles. The lowest BCUT2D eigenvalue weighted by Gasteiger charge is -2.24. The van der Waals surface area contributed by atoms with Crippen molar-refractivity contribution >= 4 is 11.7 Å². The topological polar surface area (TPSA) is 76.4 Å². The van der Waals surface area contributed by atoms with Gasteiger partial charge in [-0.05, 0) is 29.8 Å². The smallest absolute Gasteiger partial charge is 0.226 e. The Kier molecular flexibility index (Phi) is 4.02. The van der Waals surface area contributed by atoms with Crippen LogP contribution in [0.4, 0.5) is 14.6 Å². The van der Waals surface area contributed by atoms with E-state index >= 15 is 0 Å². The highest BCUT2D eigenvalue weighted by Gasteiger charge is 2.32. The van der Waals surface area contributed by atoms with Crippen LogP contribution in [-0.4, -0.2) is 27.7 Å². The van der Waals surface area contributed by atoms with Gasteiger partial charge in [-0.1, -0.05) is 6.07 Å². The van der Waals surface area contributed by atoms with Crippen molar-refractivity contribution < 1.29 is 23.4 Å². The number of ether oxygens (including phenoxy) is 1. The molecule has 2 heterocycles. The number of carbonyl (C=O) groups is 1. The monoisotopic (exact) mass is 371 g/mol. The molecular weight excluding hydrogens is 356 g/mol. The molecular formula is C19H15F2N3O3. The zero-order valence-corrected chi connectivity index (χ0v) is 14.2.